The van der Waals surface area contributed by atoms with Crippen molar-refractivity contribution in [3.05, 3.63) is 96.6 Å². The molecule has 0 N–H and O–H groups in total. The summed E-state index contributed by atoms with van der Waals surface area (Å²) in [6, 6.07) is 32.7. The van der Waals surface area contributed by atoms with Gasteiger partial charge in [0.05, 0.1) is 0 Å². The Balaban J connectivity index is 1.86. The SMILES string of the molecule is CCc1ccc(-c2cc(-c3ccccc3)c(-c3ccccc3)s2)cc1. The topological polar surface area (TPSA) is 0 Å². The Kier molecular flexibility index (Phi) is 4.49. The van der Waals surface area contributed by atoms with Gasteiger partial charge in [-0.25, -0.2) is 0 Å². The van der Waals surface area contributed by atoms with E-state index < -0.39 is 0 Å². The fraction of sp³-hybridized carbons (Fsp3) is 0.0833. The molecule has 1 heterocycles. The molecule has 0 aliphatic carbocycles. The van der Waals surface area contributed by atoms with Gasteiger partial charge in [-0.3, -0.25) is 0 Å². The van der Waals surface area contributed by atoms with E-state index in [4.69, 9.17) is 0 Å². The van der Waals surface area contributed by atoms with Gasteiger partial charge in [-0.05, 0) is 34.7 Å². The Labute approximate surface area is 153 Å². The van der Waals surface area contributed by atoms with Gasteiger partial charge < -0.3 is 0 Å². The largest absolute Gasteiger partial charge is 0.135 e. The van der Waals surface area contributed by atoms with Gasteiger partial charge in [0, 0.05) is 15.3 Å². The molecule has 0 radical (unpaired) electrons. The van der Waals surface area contributed by atoms with Gasteiger partial charge >= 0.3 is 0 Å². The third kappa shape index (κ3) is 3.29. The lowest BCUT2D eigenvalue weighted by Gasteiger charge is -2.03. The van der Waals surface area contributed by atoms with Crippen LogP contribution in [0.4, 0.5) is 0 Å². The number of thiophene rings is 1. The van der Waals surface area contributed by atoms with Crippen LogP contribution in [0.25, 0.3) is 32.0 Å². The summed E-state index contributed by atoms with van der Waals surface area (Å²) in [4.78, 5) is 2.65. The van der Waals surface area contributed by atoms with Crippen LogP contribution in [0.15, 0.2) is 91.0 Å². The standard InChI is InChI=1S/C24H20S/c1-2-18-13-15-20(16-14-18)23-17-22(19-9-5-3-6-10-19)24(25-23)21-11-7-4-8-12-21/h3-17H,2H2,1H3. The minimum atomic E-state index is 1.08. The molecule has 0 spiro atoms. The second-order valence-electron chi connectivity index (χ2n) is 6.14. The van der Waals surface area contributed by atoms with Crippen LogP contribution < -0.4 is 0 Å². The lowest BCUT2D eigenvalue weighted by Crippen LogP contribution is -1.79. The number of benzene rings is 3. The first-order valence-electron chi connectivity index (χ1n) is 8.69. The van der Waals surface area contributed by atoms with Crippen LogP contribution in [0.2, 0.25) is 0 Å². The summed E-state index contributed by atoms with van der Waals surface area (Å²) in [5.41, 5.74) is 6.54. The van der Waals surface area contributed by atoms with Crippen molar-refractivity contribution in [3.8, 4) is 32.0 Å². The first-order chi connectivity index (χ1) is 12.3. The third-order valence-corrected chi connectivity index (χ3v) is 5.73. The van der Waals surface area contributed by atoms with Gasteiger partial charge in [0.2, 0.25) is 0 Å². The molecule has 0 saturated carbocycles. The van der Waals surface area contributed by atoms with Crippen molar-refractivity contribution in [2.24, 2.45) is 0 Å². The van der Waals surface area contributed by atoms with Gasteiger partial charge in [0.15, 0.2) is 0 Å². The van der Waals surface area contributed by atoms with Gasteiger partial charge in [-0.15, -0.1) is 11.3 Å². The van der Waals surface area contributed by atoms with Crippen molar-refractivity contribution >= 4 is 11.3 Å². The molecule has 0 amide bonds. The number of aryl methyl sites for hydroxylation is 1. The molecule has 0 nitrogen and oxygen atoms in total. The highest BCUT2D eigenvalue weighted by molar-refractivity contribution is 7.19. The van der Waals surface area contributed by atoms with E-state index in [0.717, 1.165) is 6.42 Å². The molecule has 0 aliphatic heterocycles. The van der Waals surface area contributed by atoms with Crippen molar-refractivity contribution < 1.29 is 0 Å². The van der Waals surface area contributed by atoms with Gasteiger partial charge in [-0.1, -0.05) is 91.9 Å². The van der Waals surface area contributed by atoms with Crippen LogP contribution in [0.1, 0.15) is 12.5 Å². The minimum absolute atomic E-state index is 1.08. The second-order valence-corrected chi connectivity index (χ2v) is 7.19. The summed E-state index contributed by atoms with van der Waals surface area (Å²) in [7, 11) is 0. The first-order valence-corrected chi connectivity index (χ1v) is 9.51. The molecule has 0 bridgehead atoms. The van der Waals surface area contributed by atoms with Crippen LogP contribution in [-0.4, -0.2) is 0 Å². The Bertz CT molecular complexity index is 891. The summed E-state index contributed by atoms with van der Waals surface area (Å²) in [5, 5.41) is 0. The molecule has 0 atom stereocenters. The molecule has 1 aromatic heterocycles. The smallest absolute Gasteiger partial charge is 0.0427 e. The molecular weight excluding hydrogens is 320 g/mol. The second kappa shape index (κ2) is 7.08. The maximum Gasteiger partial charge on any atom is 0.0427 e. The van der Waals surface area contributed by atoms with Crippen LogP contribution >= 0.6 is 11.3 Å². The van der Waals surface area contributed by atoms with Crippen molar-refractivity contribution in [3.63, 3.8) is 0 Å². The molecule has 122 valence electrons. The van der Waals surface area contributed by atoms with Gasteiger partial charge in [-0.2, -0.15) is 0 Å². The fourth-order valence-corrected chi connectivity index (χ4v) is 4.27. The summed E-state index contributed by atoms with van der Waals surface area (Å²) in [6.07, 6.45) is 1.08. The van der Waals surface area contributed by atoms with E-state index >= 15 is 0 Å². The lowest BCUT2D eigenvalue weighted by molar-refractivity contribution is 1.14. The van der Waals surface area contributed by atoms with E-state index in [-0.39, 0.29) is 0 Å². The van der Waals surface area contributed by atoms with E-state index in [0.29, 0.717) is 0 Å². The number of rotatable bonds is 4. The van der Waals surface area contributed by atoms with E-state index in [1.807, 2.05) is 11.3 Å². The van der Waals surface area contributed by atoms with E-state index in [2.05, 4.69) is 97.9 Å². The molecule has 0 saturated heterocycles. The van der Waals surface area contributed by atoms with E-state index in [1.165, 1.54) is 37.6 Å². The fourth-order valence-electron chi connectivity index (χ4n) is 3.07. The average Bonchev–Trinajstić information content (AvgIpc) is 3.15. The summed E-state index contributed by atoms with van der Waals surface area (Å²) in [5.74, 6) is 0. The summed E-state index contributed by atoms with van der Waals surface area (Å²) >= 11 is 1.87. The zero-order chi connectivity index (χ0) is 17.1. The van der Waals surface area contributed by atoms with Crippen LogP contribution in [0.5, 0.6) is 0 Å². The van der Waals surface area contributed by atoms with E-state index in [1.54, 1.807) is 0 Å². The van der Waals surface area contributed by atoms with Crippen molar-refractivity contribution in [1.29, 1.82) is 0 Å². The predicted octanol–water partition coefficient (Wildman–Crippen LogP) is 7.31. The Hall–Kier alpha value is -2.64. The molecule has 4 aromatic rings. The monoisotopic (exact) mass is 340 g/mol. The molecule has 3 aromatic carbocycles. The minimum Gasteiger partial charge on any atom is -0.135 e. The van der Waals surface area contributed by atoms with Crippen LogP contribution in [0, 0.1) is 0 Å². The van der Waals surface area contributed by atoms with E-state index in [9.17, 15) is 0 Å². The highest BCUT2D eigenvalue weighted by Crippen LogP contribution is 2.43. The molecule has 25 heavy (non-hydrogen) atoms. The molecule has 0 aliphatic rings. The zero-order valence-corrected chi connectivity index (χ0v) is 15.1. The summed E-state index contributed by atoms with van der Waals surface area (Å²) in [6.45, 7) is 2.20. The quantitative estimate of drug-likeness (QED) is 0.365. The van der Waals surface area contributed by atoms with Crippen molar-refractivity contribution in [2.75, 3.05) is 0 Å². The third-order valence-electron chi connectivity index (χ3n) is 4.50. The lowest BCUT2D eigenvalue weighted by atomic mass is 10.0. The Morgan fingerprint density at radius 3 is 1.84 bits per heavy atom. The highest BCUT2D eigenvalue weighted by atomic mass is 32.1. The van der Waals surface area contributed by atoms with Crippen LogP contribution in [0.3, 0.4) is 0 Å². The molecule has 0 fully saturated rings. The van der Waals surface area contributed by atoms with Gasteiger partial charge in [0.25, 0.3) is 0 Å². The Morgan fingerprint density at radius 1 is 0.640 bits per heavy atom. The van der Waals surface area contributed by atoms with Crippen molar-refractivity contribution in [1.82, 2.24) is 0 Å². The normalized spacial score (nSPS) is 10.8. The number of hydrogen-bond donors (Lipinski definition) is 0. The maximum atomic E-state index is 2.34. The predicted molar refractivity (Wildman–Crippen MR) is 110 cm³/mol. The van der Waals surface area contributed by atoms with Gasteiger partial charge in [0.1, 0.15) is 0 Å². The molecule has 4 rings (SSSR count). The Morgan fingerprint density at radius 2 is 1.24 bits per heavy atom. The van der Waals surface area contributed by atoms with Crippen LogP contribution in [-0.2, 0) is 6.42 Å². The molecule has 1 heteroatoms. The molecule has 0 unspecified atom stereocenters. The average molecular weight is 340 g/mol. The van der Waals surface area contributed by atoms with Crippen molar-refractivity contribution in [2.45, 2.75) is 13.3 Å². The summed E-state index contributed by atoms with van der Waals surface area (Å²) < 4.78 is 0. The number of hydrogen-bond acceptors (Lipinski definition) is 1. The first kappa shape index (κ1) is 15.9. The molecular formula is C24H20S. The highest BCUT2D eigenvalue weighted by Gasteiger charge is 2.13. The zero-order valence-electron chi connectivity index (χ0n) is 14.3. The maximum absolute atomic E-state index is 2.34.